The van der Waals surface area contributed by atoms with Crippen LogP contribution in [0.5, 0.6) is 0 Å². The van der Waals surface area contributed by atoms with E-state index in [0.717, 1.165) is 0 Å². The van der Waals surface area contributed by atoms with Gasteiger partial charge in [0.25, 0.3) is 0 Å². The average molecular weight is 191 g/mol. The fourth-order valence-corrected chi connectivity index (χ4v) is 1.48. The van der Waals surface area contributed by atoms with Gasteiger partial charge in [-0.3, -0.25) is 4.90 Å². The second-order valence-corrected chi connectivity index (χ2v) is 4.43. The number of nitrogens with zero attached hydrogens (tertiary/aromatic N) is 1. The van der Waals surface area contributed by atoms with Gasteiger partial charge in [-0.2, -0.15) is 0 Å². The maximum absolute atomic E-state index is 3.19. The summed E-state index contributed by atoms with van der Waals surface area (Å²) in [7, 11) is 2.06. The van der Waals surface area contributed by atoms with Crippen molar-refractivity contribution >= 4 is 0 Å². The van der Waals surface area contributed by atoms with Crippen molar-refractivity contribution in [2.24, 2.45) is 0 Å². The lowest BCUT2D eigenvalue weighted by molar-refractivity contribution is 0.124. The molecule has 78 valence electrons. The maximum Gasteiger partial charge on any atom is 0.0777 e. The van der Waals surface area contributed by atoms with Crippen molar-refractivity contribution in [2.45, 2.75) is 52.6 Å². The molecule has 0 fully saturated rings. The molecular formula is C13H21N. The third kappa shape index (κ3) is 3.09. The maximum atomic E-state index is 3.19. The van der Waals surface area contributed by atoms with Crippen LogP contribution in [0.4, 0.5) is 0 Å². The molecule has 1 heteroatoms. The summed E-state index contributed by atoms with van der Waals surface area (Å²) in [5.41, 5.74) is -0.274. The van der Waals surface area contributed by atoms with Crippen LogP contribution in [0.3, 0.4) is 0 Å². The lowest BCUT2D eigenvalue weighted by Gasteiger charge is -2.40. The summed E-state index contributed by atoms with van der Waals surface area (Å²) in [6.07, 6.45) is 0. The van der Waals surface area contributed by atoms with E-state index < -0.39 is 0 Å². The van der Waals surface area contributed by atoms with E-state index >= 15 is 0 Å². The van der Waals surface area contributed by atoms with Gasteiger partial charge in [0.15, 0.2) is 0 Å². The van der Waals surface area contributed by atoms with Gasteiger partial charge in [0.1, 0.15) is 0 Å². The zero-order valence-electron chi connectivity index (χ0n) is 10.4. The standard InChI is InChI=1S/C13H21N/c1-8-10-12(3,4)14(7)13(5,6)11-9-2/h1-7H3. The molecule has 0 radical (unpaired) electrons. The molecule has 1 nitrogen and oxygen atoms in total. The molecule has 0 aliphatic heterocycles. The SMILES string of the molecule is CC#CC(C)(C)N(C)C(C)(C)C#CC. The van der Waals surface area contributed by atoms with Gasteiger partial charge in [0.05, 0.1) is 11.1 Å². The van der Waals surface area contributed by atoms with Crippen LogP contribution in [0, 0.1) is 23.7 Å². The highest BCUT2D eigenvalue weighted by molar-refractivity contribution is 5.21. The van der Waals surface area contributed by atoms with Crippen LogP contribution >= 0.6 is 0 Å². The van der Waals surface area contributed by atoms with Crippen molar-refractivity contribution in [3.05, 3.63) is 0 Å². The fraction of sp³-hybridized carbons (Fsp3) is 0.692. The Labute approximate surface area is 88.9 Å². The first-order valence-electron chi connectivity index (χ1n) is 4.89. The van der Waals surface area contributed by atoms with E-state index in [-0.39, 0.29) is 11.1 Å². The molecule has 0 rings (SSSR count). The number of hydrogen-bond donors (Lipinski definition) is 0. The Hall–Kier alpha value is -0.920. The van der Waals surface area contributed by atoms with Gasteiger partial charge < -0.3 is 0 Å². The second kappa shape index (κ2) is 4.54. The summed E-state index contributed by atoms with van der Waals surface area (Å²) in [4.78, 5) is 2.20. The van der Waals surface area contributed by atoms with Crippen molar-refractivity contribution in [1.29, 1.82) is 0 Å². The van der Waals surface area contributed by atoms with Crippen molar-refractivity contribution < 1.29 is 0 Å². The predicted molar refractivity (Wildman–Crippen MR) is 62.8 cm³/mol. The molecule has 0 aromatic rings. The molecule has 0 heterocycles. The van der Waals surface area contributed by atoms with Crippen molar-refractivity contribution in [3.63, 3.8) is 0 Å². The van der Waals surface area contributed by atoms with Crippen LogP contribution in [-0.2, 0) is 0 Å². The average Bonchev–Trinajstić information content (AvgIpc) is 2.02. The van der Waals surface area contributed by atoms with Gasteiger partial charge >= 0.3 is 0 Å². The molecule has 0 spiro atoms. The Morgan fingerprint density at radius 3 is 1.29 bits per heavy atom. The smallest absolute Gasteiger partial charge is 0.0777 e. The Kier molecular flexibility index (Phi) is 4.24. The van der Waals surface area contributed by atoms with E-state index in [4.69, 9.17) is 0 Å². The molecule has 0 unspecified atom stereocenters. The first-order valence-corrected chi connectivity index (χ1v) is 4.89. The van der Waals surface area contributed by atoms with E-state index in [0.29, 0.717) is 0 Å². The minimum absolute atomic E-state index is 0.137. The van der Waals surface area contributed by atoms with E-state index in [2.05, 4.69) is 63.3 Å². The summed E-state index contributed by atoms with van der Waals surface area (Å²) < 4.78 is 0. The summed E-state index contributed by atoms with van der Waals surface area (Å²) >= 11 is 0. The topological polar surface area (TPSA) is 3.24 Å². The monoisotopic (exact) mass is 191 g/mol. The van der Waals surface area contributed by atoms with Crippen molar-refractivity contribution in [3.8, 4) is 23.7 Å². The predicted octanol–water partition coefficient (Wildman–Crippen LogP) is 2.52. The lowest BCUT2D eigenvalue weighted by Crippen LogP contribution is -2.51. The Morgan fingerprint density at radius 1 is 0.786 bits per heavy atom. The van der Waals surface area contributed by atoms with Gasteiger partial charge in [-0.15, -0.1) is 11.8 Å². The third-order valence-electron chi connectivity index (χ3n) is 2.54. The first kappa shape index (κ1) is 13.1. The van der Waals surface area contributed by atoms with E-state index in [9.17, 15) is 0 Å². The minimum atomic E-state index is -0.137. The third-order valence-corrected chi connectivity index (χ3v) is 2.54. The molecule has 14 heavy (non-hydrogen) atoms. The second-order valence-electron chi connectivity index (χ2n) is 4.43. The normalized spacial score (nSPS) is 11.4. The summed E-state index contributed by atoms with van der Waals surface area (Å²) in [6, 6.07) is 0. The van der Waals surface area contributed by atoms with Crippen molar-refractivity contribution in [2.75, 3.05) is 7.05 Å². The van der Waals surface area contributed by atoms with E-state index in [1.54, 1.807) is 0 Å². The molecule has 0 saturated carbocycles. The van der Waals surface area contributed by atoms with E-state index in [1.165, 1.54) is 0 Å². The Morgan fingerprint density at radius 2 is 1.07 bits per heavy atom. The zero-order chi connectivity index (χ0) is 11.4. The van der Waals surface area contributed by atoms with Crippen LogP contribution in [0.2, 0.25) is 0 Å². The van der Waals surface area contributed by atoms with Crippen LogP contribution in [-0.4, -0.2) is 23.0 Å². The molecule has 0 aliphatic carbocycles. The molecule has 0 aliphatic rings. The van der Waals surface area contributed by atoms with Gasteiger partial charge in [0.2, 0.25) is 0 Å². The van der Waals surface area contributed by atoms with Gasteiger partial charge in [0, 0.05) is 0 Å². The lowest BCUT2D eigenvalue weighted by atomic mass is 9.95. The van der Waals surface area contributed by atoms with Crippen LogP contribution in [0.15, 0.2) is 0 Å². The molecule has 0 aromatic heterocycles. The Bertz CT molecular complexity index is 270. The van der Waals surface area contributed by atoms with Gasteiger partial charge in [-0.25, -0.2) is 0 Å². The number of rotatable bonds is 2. The molecular weight excluding hydrogens is 170 g/mol. The minimum Gasteiger partial charge on any atom is -0.275 e. The molecule has 0 aromatic carbocycles. The van der Waals surface area contributed by atoms with Crippen LogP contribution in [0.25, 0.3) is 0 Å². The highest BCUT2D eigenvalue weighted by Crippen LogP contribution is 2.21. The first-order chi connectivity index (χ1) is 6.28. The molecule has 0 atom stereocenters. The summed E-state index contributed by atoms with van der Waals surface area (Å²) in [5, 5.41) is 0. The largest absolute Gasteiger partial charge is 0.275 e. The highest BCUT2D eigenvalue weighted by Gasteiger charge is 2.32. The van der Waals surface area contributed by atoms with Crippen molar-refractivity contribution in [1.82, 2.24) is 4.90 Å². The molecule has 0 amide bonds. The molecule has 0 N–H and O–H groups in total. The van der Waals surface area contributed by atoms with Crippen LogP contribution in [0.1, 0.15) is 41.5 Å². The van der Waals surface area contributed by atoms with Gasteiger partial charge in [-0.05, 0) is 48.6 Å². The molecule has 0 bridgehead atoms. The summed E-state index contributed by atoms with van der Waals surface area (Å²) in [5.74, 6) is 12.3. The van der Waals surface area contributed by atoms with Gasteiger partial charge in [-0.1, -0.05) is 11.8 Å². The quantitative estimate of drug-likeness (QED) is 0.606. The fourth-order valence-electron chi connectivity index (χ4n) is 1.48. The zero-order valence-corrected chi connectivity index (χ0v) is 10.4. The number of hydrogen-bond acceptors (Lipinski definition) is 1. The Balaban J connectivity index is 4.97. The highest BCUT2D eigenvalue weighted by atomic mass is 15.2. The summed E-state index contributed by atoms with van der Waals surface area (Å²) in [6.45, 7) is 12.2. The van der Waals surface area contributed by atoms with E-state index in [1.807, 2.05) is 13.8 Å². The molecule has 0 saturated heterocycles. The van der Waals surface area contributed by atoms with Crippen LogP contribution < -0.4 is 0 Å².